The summed E-state index contributed by atoms with van der Waals surface area (Å²) < 4.78 is 26.1. The molecular weight excluding hydrogens is 227 g/mol. The molecule has 0 aliphatic heterocycles. The van der Waals surface area contributed by atoms with Crippen molar-refractivity contribution in [1.82, 2.24) is 0 Å². The fourth-order valence-electron chi connectivity index (χ4n) is 1.30. The molecule has 0 saturated heterocycles. The Labute approximate surface area is 115 Å². The van der Waals surface area contributed by atoms with Gasteiger partial charge in [0.25, 0.3) is 0 Å². The minimum absolute atomic E-state index is 0. The van der Waals surface area contributed by atoms with E-state index in [9.17, 15) is 13.6 Å². The Bertz CT molecular complexity index is 255. The number of hydrogen-bond acceptors (Lipinski definition) is 4. The molecule has 15 heavy (non-hydrogen) atoms. The van der Waals surface area contributed by atoms with Gasteiger partial charge >= 0.3 is 35.5 Å². The van der Waals surface area contributed by atoms with Gasteiger partial charge in [-0.3, -0.25) is 9.00 Å². The molecule has 1 aliphatic rings. The second-order valence-electron chi connectivity index (χ2n) is 4.58. The summed E-state index contributed by atoms with van der Waals surface area (Å²) in [6.07, 6.45) is 0.816. The van der Waals surface area contributed by atoms with Crippen molar-refractivity contribution >= 4 is 17.0 Å². The van der Waals surface area contributed by atoms with Gasteiger partial charge < -0.3 is 9.29 Å². The summed E-state index contributed by atoms with van der Waals surface area (Å²) in [6, 6.07) is 0. The van der Waals surface area contributed by atoms with Crippen molar-refractivity contribution in [1.29, 1.82) is 0 Å². The fourth-order valence-corrected chi connectivity index (χ4v) is 2.08. The van der Waals surface area contributed by atoms with Gasteiger partial charge in [-0.1, -0.05) is 11.1 Å². The van der Waals surface area contributed by atoms with Crippen LogP contribution >= 0.6 is 0 Å². The van der Waals surface area contributed by atoms with E-state index in [-0.39, 0.29) is 46.7 Å². The number of esters is 1. The van der Waals surface area contributed by atoms with Crippen LogP contribution < -0.4 is 29.6 Å². The Kier molecular flexibility index (Phi) is 6.00. The summed E-state index contributed by atoms with van der Waals surface area (Å²) in [5.74, 6) is -0.503. The second-order valence-corrected chi connectivity index (χ2v) is 5.77. The van der Waals surface area contributed by atoms with E-state index in [1.165, 1.54) is 0 Å². The van der Waals surface area contributed by atoms with E-state index in [0.29, 0.717) is 12.8 Å². The Morgan fingerprint density at radius 2 is 1.87 bits per heavy atom. The Balaban J connectivity index is 0.00000196. The minimum atomic E-state index is -2.04. The van der Waals surface area contributed by atoms with E-state index in [1.54, 1.807) is 20.8 Å². The molecule has 1 fully saturated rings. The van der Waals surface area contributed by atoms with Crippen LogP contribution in [0.15, 0.2) is 0 Å². The van der Waals surface area contributed by atoms with Crippen LogP contribution in [0.5, 0.6) is 0 Å². The molecule has 0 aromatic heterocycles. The molecule has 1 saturated carbocycles. The zero-order chi connectivity index (χ0) is 10.9. The molecule has 0 aromatic rings. The third-order valence-electron chi connectivity index (χ3n) is 2.11. The average Bonchev–Trinajstić information content (AvgIpc) is 1.75. The molecule has 0 bridgehead atoms. The number of carbonyl (C=O) groups excluding carboxylic acids is 1. The number of hydrogen-bond donors (Lipinski definition) is 0. The standard InChI is InChI=1S/C9H16O4S.Na/c1-9(2,3)13-8(10)6-4-7(5-6)14(11)12;/h6-7H,4-5H2,1-3H3,(H,11,12);/q;+1/p-1. The van der Waals surface area contributed by atoms with Crippen LogP contribution in [-0.4, -0.2) is 25.6 Å². The van der Waals surface area contributed by atoms with Crippen LogP contribution in [-0.2, 0) is 20.6 Å². The summed E-state index contributed by atoms with van der Waals surface area (Å²) in [4.78, 5) is 11.4. The molecular formula is C9H15NaO4S. The molecule has 6 heteroatoms. The van der Waals surface area contributed by atoms with Crippen molar-refractivity contribution in [3.05, 3.63) is 0 Å². The first-order chi connectivity index (χ1) is 6.29. The minimum Gasteiger partial charge on any atom is -0.772 e. The molecule has 0 N–H and O–H groups in total. The van der Waals surface area contributed by atoms with Crippen molar-refractivity contribution in [3.8, 4) is 0 Å². The third kappa shape index (κ3) is 4.95. The molecule has 4 nitrogen and oxygen atoms in total. The maximum Gasteiger partial charge on any atom is 1.00 e. The van der Waals surface area contributed by atoms with Crippen LogP contribution in [0.1, 0.15) is 33.6 Å². The van der Waals surface area contributed by atoms with Crippen molar-refractivity contribution in [2.24, 2.45) is 5.92 Å². The van der Waals surface area contributed by atoms with E-state index in [4.69, 9.17) is 4.74 Å². The normalized spacial score (nSPS) is 27.2. The van der Waals surface area contributed by atoms with Crippen LogP contribution in [0.25, 0.3) is 0 Å². The van der Waals surface area contributed by atoms with Crippen LogP contribution in [0.2, 0.25) is 0 Å². The van der Waals surface area contributed by atoms with Gasteiger partial charge in [0.15, 0.2) is 0 Å². The zero-order valence-electron chi connectivity index (χ0n) is 9.61. The first-order valence-corrected chi connectivity index (χ1v) is 5.74. The van der Waals surface area contributed by atoms with Crippen molar-refractivity contribution in [2.45, 2.75) is 44.5 Å². The molecule has 0 heterocycles. The number of ether oxygens (including phenoxy) is 1. The zero-order valence-corrected chi connectivity index (χ0v) is 12.4. The Morgan fingerprint density at radius 1 is 1.40 bits per heavy atom. The van der Waals surface area contributed by atoms with E-state index >= 15 is 0 Å². The Morgan fingerprint density at radius 3 is 2.20 bits per heavy atom. The van der Waals surface area contributed by atoms with Crippen molar-refractivity contribution < 1.29 is 47.9 Å². The van der Waals surface area contributed by atoms with Crippen LogP contribution in [0, 0.1) is 5.92 Å². The third-order valence-corrected chi connectivity index (χ3v) is 3.04. The van der Waals surface area contributed by atoms with Crippen LogP contribution in [0.3, 0.4) is 0 Å². The van der Waals surface area contributed by atoms with Gasteiger partial charge in [-0.25, -0.2) is 0 Å². The summed E-state index contributed by atoms with van der Waals surface area (Å²) in [7, 11) is 0. The van der Waals surface area contributed by atoms with Crippen molar-refractivity contribution in [2.75, 3.05) is 0 Å². The fraction of sp³-hybridized carbons (Fsp3) is 0.889. The SMILES string of the molecule is CC(C)(C)OC(=O)C1CC(S(=O)[O-])C1.[Na+]. The molecule has 0 radical (unpaired) electrons. The van der Waals surface area contributed by atoms with E-state index in [1.807, 2.05) is 0 Å². The predicted octanol–water partition coefficient (Wildman–Crippen LogP) is -2.01. The summed E-state index contributed by atoms with van der Waals surface area (Å²) in [6.45, 7) is 5.40. The Hall–Kier alpha value is 0.580. The summed E-state index contributed by atoms with van der Waals surface area (Å²) >= 11 is -2.04. The average molecular weight is 242 g/mol. The first-order valence-electron chi connectivity index (χ1n) is 4.60. The topological polar surface area (TPSA) is 66.4 Å². The van der Waals surface area contributed by atoms with E-state index < -0.39 is 16.7 Å². The van der Waals surface area contributed by atoms with Gasteiger partial charge in [-0.2, -0.15) is 0 Å². The number of carbonyl (C=O) groups is 1. The van der Waals surface area contributed by atoms with Gasteiger partial charge in [0, 0.05) is 5.25 Å². The van der Waals surface area contributed by atoms with Gasteiger partial charge in [0.05, 0.1) is 5.92 Å². The maximum atomic E-state index is 11.4. The predicted molar refractivity (Wildman–Crippen MR) is 51.3 cm³/mol. The summed E-state index contributed by atoms with van der Waals surface area (Å²) in [5.41, 5.74) is -0.487. The smallest absolute Gasteiger partial charge is 0.772 e. The monoisotopic (exact) mass is 242 g/mol. The molecule has 0 aromatic carbocycles. The van der Waals surface area contributed by atoms with Gasteiger partial charge in [0.2, 0.25) is 0 Å². The largest absolute Gasteiger partial charge is 1.00 e. The van der Waals surface area contributed by atoms with Crippen LogP contribution in [0.4, 0.5) is 0 Å². The molecule has 1 atom stereocenters. The van der Waals surface area contributed by atoms with E-state index in [0.717, 1.165) is 0 Å². The molecule has 1 rings (SSSR count). The number of rotatable bonds is 2. The molecule has 0 spiro atoms. The first kappa shape index (κ1) is 15.6. The maximum absolute atomic E-state index is 11.4. The molecule has 0 amide bonds. The van der Waals surface area contributed by atoms with E-state index in [2.05, 4.69) is 0 Å². The molecule has 1 unspecified atom stereocenters. The molecule has 82 valence electrons. The quantitative estimate of drug-likeness (QED) is 0.319. The van der Waals surface area contributed by atoms with Gasteiger partial charge in [-0.05, 0) is 33.6 Å². The van der Waals surface area contributed by atoms with Crippen molar-refractivity contribution in [3.63, 3.8) is 0 Å². The molecule has 1 aliphatic carbocycles. The van der Waals surface area contributed by atoms with Gasteiger partial charge in [0.1, 0.15) is 5.60 Å². The second kappa shape index (κ2) is 5.77. The summed E-state index contributed by atoms with van der Waals surface area (Å²) in [5, 5.41) is -0.354. The van der Waals surface area contributed by atoms with Gasteiger partial charge in [-0.15, -0.1) is 0 Å².